The number of nitrogens with zero attached hydrogens (tertiary/aromatic N) is 4. The van der Waals surface area contributed by atoms with E-state index in [1.165, 1.54) is 13.2 Å². The lowest BCUT2D eigenvalue weighted by molar-refractivity contribution is 0.0996. The average molecular weight is 448 g/mol. The fraction of sp³-hybridized carbons (Fsp3) is 0.320. The molecule has 0 bridgehead atoms. The highest BCUT2D eigenvalue weighted by molar-refractivity contribution is 6.10. The number of carbonyl (C=O) groups is 1. The smallest absolute Gasteiger partial charge is 0.260 e. The molecule has 2 aliphatic heterocycles. The van der Waals surface area contributed by atoms with Crippen molar-refractivity contribution in [3.05, 3.63) is 65.1 Å². The predicted molar refractivity (Wildman–Crippen MR) is 125 cm³/mol. The maximum Gasteiger partial charge on any atom is 0.260 e. The van der Waals surface area contributed by atoms with Gasteiger partial charge in [0.2, 0.25) is 0 Å². The summed E-state index contributed by atoms with van der Waals surface area (Å²) in [5, 5.41) is 3.44. The number of hydrogen-bond donors (Lipinski definition) is 1. The van der Waals surface area contributed by atoms with Gasteiger partial charge >= 0.3 is 0 Å². The Morgan fingerprint density at radius 1 is 1.21 bits per heavy atom. The zero-order chi connectivity index (χ0) is 23.1. The van der Waals surface area contributed by atoms with E-state index in [0.29, 0.717) is 34.4 Å². The Morgan fingerprint density at radius 3 is 2.82 bits per heavy atom. The summed E-state index contributed by atoms with van der Waals surface area (Å²) in [6, 6.07) is 10.7. The summed E-state index contributed by atoms with van der Waals surface area (Å²) < 4.78 is 20.2. The number of methoxy groups -OCH3 is 1. The zero-order valence-corrected chi connectivity index (χ0v) is 18.9. The van der Waals surface area contributed by atoms with Crippen LogP contribution in [0, 0.1) is 12.7 Å². The van der Waals surface area contributed by atoms with Crippen LogP contribution < -0.4 is 19.9 Å². The van der Waals surface area contributed by atoms with Crippen molar-refractivity contribution in [2.24, 2.45) is 0 Å². The monoisotopic (exact) mass is 447 g/mol. The van der Waals surface area contributed by atoms with Gasteiger partial charge < -0.3 is 15.0 Å². The Hall–Kier alpha value is -3.52. The quantitative estimate of drug-likeness (QED) is 0.660. The van der Waals surface area contributed by atoms with Crippen molar-refractivity contribution < 1.29 is 13.9 Å². The Kier molecular flexibility index (Phi) is 5.46. The van der Waals surface area contributed by atoms with E-state index in [9.17, 15) is 9.18 Å². The molecular weight excluding hydrogens is 421 g/mol. The molecule has 5 rings (SSSR count). The summed E-state index contributed by atoms with van der Waals surface area (Å²) in [7, 11) is 1.49. The van der Waals surface area contributed by atoms with Gasteiger partial charge in [0.25, 0.3) is 5.91 Å². The molecule has 0 saturated carbocycles. The van der Waals surface area contributed by atoms with Crippen LogP contribution in [0.5, 0.6) is 5.75 Å². The van der Waals surface area contributed by atoms with E-state index in [1.807, 2.05) is 19.1 Å². The van der Waals surface area contributed by atoms with Gasteiger partial charge in [-0.2, -0.15) is 0 Å². The van der Waals surface area contributed by atoms with Crippen LogP contribution in [0.4, 0.5) is 16.0 Å². The van der Waals surface area contributed by atoms with E-state index >= 15 is 0 Å². The molecule has 1 aromatic carbocycles. The molecule has 170 valence electrons. The molecule has 0 radical (unpaired) electrons. The first-order chi connectivity index (χ1) is 16.0. The summed E-state index contributed by atoms with van der Waals surface area (Å²) in [6.45, 7) is 7.02. The first-order valence-electron chi connectivity index (χ1n) is 11.1. The zero-order valence-electron chi connectivity index (χ0n) is 18.9. The van der Waals surface area contributed by atoms with Gasteiger partial charge in [-0.15, -0.1) is 0 Å². The minimum atomic E-state index is -0.440. The molecule has 7 nitrogen and oxygen atoms in total. The molecular formula is C25H26FN5O2. The minimum Gasteiger partial charge on any atom is -0.496 e. The highest BCUT2D eigenvalue weighted by atomic mass is 19.1. The molecule has 8 heteroatoms. The van der Waals surface area contributed by atoms with Gasteiger partial charge in [-0.25, -0.2) is 9.37 Å². The number of hydrogen-bond acceptors (Lipinski definition) is 6. The van der Waals surface area contributed by atoms with Crippen LogP contribution in [0.2, 0.25) is 0 Å². The van der Waals surface area contributed by atoms with Gasteiger partial charge in [-0.05, 0) is 49.7 Å². The summed E-state index contributed by atoms with van der Waals surface area (Å²) in [5.41, 5.74) is 2.89. The van der Waals surface area contributed by atoms with Crippen LogP contribution in [-0.4, -0.2) is 48.7 Å². The number of rotatable bonds is 4. The number of fused-ring (bicyclic) bond motifs is 1. The molecule has 1 N–H and O–H groups in total. The number of ether oxygens (including phenoxy) is 1. The van der Waals surface area contributed by atoms with Crippen molar-refractivity contribution in [1.29, 1.82) is 0 Å². The minimum absolute atomic E-state index is 0.165. The largest absolute Gasteiger partial charge is 0.496 e. The molecule has 33 heavy (non-hydrogen) atoms. The molecule has 0 spiro atoms. The van der Waals surface area contributed by atoms with Crippen LogP contribution in [-0.2, 0) is 6.54 Å². The SMILES string of the molecule is COc1cccc(F)c1-c1nccc2c1CN(c1cc(C)cc(N3CCN[C@H](C)C3)n1)C2=O. The maximum atomic E-state index is 14.8. The van der Waals surface area contributed by atoms with Crippen molar-refractivity contribution in [3.63, 3.8) is 0 Å². The number of carbonyl (C=O) groups excluding carboxylic acids is 1. The lowest BCUT2D eigenvalue weighted by Crippen LogP contribution is -2.49. The molecule has 4 heterocycles. The number of piperazine rings is 1. The van der Waals surface area contributed by atoms with E-state index in [1.54, 1.807) is 29.3 Å². The van der Waals surface area contributed by atoms with Crippen LogP contribution in [0.15, 0.2) is 42.6 Å². The predicted octanol–water partition coefficient (Wildman–Crippen LogP) is 3.56. The molecule has 1 amide bonds. The number of anilines is 2. The Bertz CT molecular complexity index is 1230. The van der Waals surface area contributed by atoms with Crippen molar-refractivity contribution >= 4 is 17.5 Å². The number of aryl methyl sites for hydroxylation is 1. The van der Waals surface area contributed by atoms with Gasteiger partial charge in [0.1, 0.15) is 23.2 Å². The fourth-order valence-electron chi connectivity index (χ4n) is 4.60. The molecule has 1 saturated heterocycles. The summed E-state index contributed by atoms with van der Waals surface area (Å²) in [4.78, 5) is 26.5. The first kappa shape index (κ1) is 21.3. The first-order valence-corrected chi connectivity index (χ1v) is 11.1. The van der Waals surface area contributed by atoms with Crippen molar-refractivity contribution in [2.45, 2.75) is 26.4 Å². The van der Waals surface area contributed by atoms with Crippen molar-refractivity contribution in [1.82, 2.24) is 15.3 Å². The lowest BCUT2D eigenvalue weighted by Gasteiger charge is -2.33. The number of amides is 1. The van der Waals surface area contributed by atoms with E-state index in [4.69, 9.17) is 9.72 Å². The molecule has 1 atom stereocenters. The fourth-order valence-corrected chi connectivity index (χ4v) is 4.60. The van der Waals surface area contributed by atoms with Gasteiger partial charge in [-0.1, -0.05) is 6.07 Å². The third-order valence-electron chi connectivity index (χ3n) is 6.19. The molecule has 2 aromatic heterocycles. The van der Waals surface area contributed by atoms with Crippen molar-refractivity contribution in [2.75, 3.05) is 36.5 Å². The van der Waals surface area contributed by atoms with Gasteiger partial charge in [0.05, 0.1) is 24.9 Å². The third kappa shape index (κ3) is 3.80. The molecule has 1 fully saturated rings. The van der Waals surface area contributed by atoms with Gasteiger partial charge in [0, 0.05) is 43.0 Å². The standard InChI is InChI=1S/C25H26FN5O2/c1-15-11-21(30-10-9-27-16(2)13-30)29-22(12-15)31-14-18-17(25(31)32)7-8-28-24(18)23-19(26)5-4-6-20(23)33-3/h4-8,11-12,16,27H,9-10,13-14H2,1-3H3/t16-/m1/s1. The number of pyridine rings is 2. The third-order valence-corrected chi connectivity index (χ3v) is 6.19. The van der Waals surface area contributed by atoms with Gasteiger partial charge in [-0.3, -0.25) is 14.7 Å². The highest BCUT2D eigenvalue weighted by Gasteiger charge is 2.34. The van der Waals surface area contributed by atoms with E-state index in [-0.39, 0.29) is 18.0 Å². The second-order valence-electron chi connectivity index (χ2n) is 8.56. The summed E-state index contributed by atoms with van der Waals surface area (Å²) in [6.07, 6.45) is 1.54. The van der Waals surface area contributed by atoms with E-state index < -0.39 is 5.82 Å². The highest BCUT2D eigenvalue weighted by Crippen LogP contribution is 2.38. The van der Waals surface area contributed by atoms with Crippen LogP contribution in [0.1, 0.15) is 28.4 Å². The molecule has 3 aromatic rings. The average Bonchev–Trinajstić information content (AvgIpc) is 3.15. The van der Waals surface area contributed by atoms with Crippen molar-refractivity contribution in [3.8, 4) is 17.0 Å². The lowest BCUT2D eigenvalue weighted by atomic mass is 10.0. The van der Waals surface area contributed by atoms with Gasteiger partial charge in [0.15, 0.2) is 0 Å². The number of halogens is 1. The molecule has 2 aliphatic rings. The number of nitrogens with one attached hydrogen (secondary N) is 1. The maximum absolute atomic E-state index is 14.8. The number of aromatic nitrogens is 2. The van der Waals surface area contributed by atoms with Crippen LogP contribution in [0.25, 0.3) is 11.3 Å². The van der Waals surface area contributed by atoms with E-state index in [0.717, 1.165) is 31.0 Å². The molecule has 0 unspecified atom stereocenters. The number of benzene rings is 1. The Morgan fingerprint density at radius 2 is 2.03 bits per heavy atom. The normalized spacial score (nSPS) is 17.9. The second kappa shape index (κ2) is 8.44. The summed E-state index contributed by atoms with van der Waals surface area (Å²) >= 11 is 0. The Balaban J connectivity index is 1.54. The van der Waals surface area contributed by atoms with Crippen LogP contribution in [0.3, 0.4) is 0 Å². The second-order valence-corrected chi connectivity index (χ2v) is 8.56. The van der Waals surface area contributed by atoms with Crippen LogP contribution >= 0.6 is 0 Å². The topological polar surface area (TPSA) is 70.6 Å². The molecule has 0 aliphatic carbocycles. The summed E-state index contributed by atoms with van der Waals surface area (Å²) in [5.74, 6) is 1.22. The van der Waals surface area contributed by atoms with E-state index in [2.05, 4.69) is 22.1 Å². The Labute approximate surface area is 192 Å².